The van der Waals surface area contributed by atoms with E-state index in [1.54, 1.807) is 4.57 Å². The Morgan fingerprint density at radius 2 is 2.10 bits per heavy atom. The first-order valence-corrected chi connectivity index (χ1v) is 6.97. The Balaban J connectivity index is 2.51. The maximum absolute atomic E-state index is 11.0. The number of aromatic nitrogens is 1. The number of aliphatic hydroxyl groups excluding tert-OH is 1. The van der Waals surface area contributed by atoms with Crippen molar-refractivity contribution in [2.75, 3.05) is 6.61 Å². The van der Waals surface area contributed by atoms with Crippen LogP contribution in [-0.2, 0) is 17.8 Å². The number of hydrogen-bond acceptors (Lipinski definition) is 2. The van der Waals surface area contributed by atoms with Crippen molar-refractivity contribution in [3.8, 4) is 0 Å². The fourth-order valence-electron chi connectivity index (χ4n) is 2.49. The van der Waals surface area contributed by atoms with Gasteiger partial charge >= 0.3 is 5.97 Å². The van der Waals surface area contributed by atoms with Gasteiger partial charge in [0.1, 0.15) is 6.54 Å². The third-order valence-corrected chi connectivity index (χ3v) is 3.56. The van der Waals surface area contributed by atoms with E-state index in [4.69, 9.17) is 10.2 Å². The van der Waals surface area contributed by atoms with Crippen LogP contribution < -0.4 is 0 Å². The van der Waals surface area contributed by atoms with E-state index in [-0.39, 0.29) is 13.2 Å². The highest BCUT2D eigenvalue weighted by molar-refractivity contribution is 5.86. The van der Waals surface area contributed by atoms with Gasteiger partial charge in [-0.2, -0.15) is 0 Å². The Morgan fingerprint density at radius 1 is 1.35 bits per heavy atom. The first-order chi connectivity index (χ1) is 9.52. The zero-order valence-corrected chi connectivity index (χ0v) is 12.0. The molecular formula is C16H21NO3. The Labute approximate surface area is 118 Å². The zero-order chi connectivity index (χ0) is 14.7. The number of fused-ring (bicyclic) bond motifs is 1. The minimum Gasteiger partial charge on any atom is -0.480 e. The number of hydrogen-bond donors (Lipinski definition) is 2. The highest BCUT2D eigenvalue weighted by Gasteiger charge is 2.12. The number of carbonyl (C=O) groups is 1. The van der Waals surface area contributed by atoms with Gasteiger partial charge in [0.25, 0.3) is 0 Å². The van der Waals surface area contributed by atoms with Gasteiger partial charge in [-0.3, -0.25) is 4.79 Å². The molecule has 0 aliphatic heterocycles. The third-order valence-electron chi connectivity index (χ3n) is 3.56. The van der Waals surface area contributed by atoms with Crippen molar-refractivity contribution in [1.82, 2.24) is 4.57 Å². The number of benzene rings is 1. The molecule has 2 N–H and O–H groups in total. The van der Waals surface area contributed by atoms with Gasteiger partial charge in [-0.05, 0) is 42.0 Å². The fraction of sp³-hybridized carbons (Fsp3) is 0.438. The first kappa shape index (κ1) is 14.6. The van der Waals surface area contributed by atoms with Crippen molar-refractivity contribution in [2.24, 2.45) is 0 Å². The molecule has 4 heteroatoms. The topological polar surface area (TPSA) is 62.5 Å². The molecule has 1 aromatic carbocycles. The SMILES string of the molecule is CC(C)c1ccc2c(c1)c(CCCO)cn2CC(=O)O. The normalized spacial score (nSPS) is 11.4. The predicted octanol–water partition coefficient (Wildman–Crippen LogP) is 2.77. The van der Waals surface area contributed by atoms with Gasteiger partial charge in [0.2, 0.25) is 0 Å². The fourth-order valence-corrected chi connectivity index (χ4v) is 2.49. The second-order valence-electron chi connectivity index (χ2n) is 5.43. The second kappa shape index (κ2) is 6.09. The molecule has 0 aliphatic rings. The summed E-state index contributed by atoms with van der Waals surface area (Å²) >= 11 is 0. The van der Waals surface area contributed by atoms with E-state index in [1.165, 1.54) is 5.56 Å². The highest BCUT2D eigenvalue weighted by atomic mass is 16.4. The molecule has 0 aliphatic carbocycles. The van der Waals surface area contributed by atoms with Crippen LogP contribution in [0.1, 0.15) is 37.3 Å². The first-order valence-electron chi connectivity index (χ1n) is 6.97. The molecule has 1 aromatic heterocycles. The summed E-state index contributed by atoms with van der Waals surface area (Å²) in [6, 6.07) is 6.20. The lowest BCUT2D eigenvalue weighted by molar-refractivity contribution is -0.137. The molecule has 20 heavy (non-hydrogen) atoms. The summed E-state index contributed by atoms with van der Waals surface area (Å²) in [7, 11) is 0. The Bertz CT molecular complexity index is 613. The lowest BCUT2D eigenvalue weighted by atomic mass is 9.99. The van der Waals surface area contributed by atoms with Gasteiger partial charge in [0.15, 0.2) is 0 Å². The van der Waals surface area contributed by atoms with Crippen LogP contribution in [0.3, 0.4) is 0 Å². The number of rotatable bonds is 6. The minimum atomic E-state index is -0.844. The number of carboxylic acids is 1. The summed E-state index contributed by atoms with van der Waals surface area (Å²) in [4.78, 5) is 11.0. The number of aliphatic carboxylic acids is 1. The Morgan fingerprint density at radius 3 is 2.70 bits per heavy atom. The van der Waals surface area contributed by atoms with Crippen molar-refractivity contribution >= 4 is 16.9 Å². The molecular weight excluding hydrogens is 254 g/mol. The van der Waals surface area contributed by atoms with Crippen molar-refractivity contribution in [3.05, 3.63) is 35.5 Å². The van der Waals surface area contributed by atoms with E-state index in [1.807, 2.05) is 12.3 Å². The largest absolute Gasteiger partial charge is 0.480 e. The van der Waals surface area contributed by atoms with E-state index >= 15 is 0 Å². The molecule has 0 saturated heterocycles. The molecule has 0 spiro atoms. The molecule has 0 atom stereocenters. The predicted molar refractivity (Wildman–Crippen MR) is 79.1 cm³/mol. The van der Waals surface area contributed by atoms with E-state index in [2.05, 4.69) is 26.0 Å². The maximum atomic E-state index is 11.0. The molecule has 0 saturated carbocycles. The Hall–Kier alpha value is -1.81. The average Bonchev–Trinajstić information content (AvgIpc) is 2.73. The summed E-state index contributed by atoms with van der Waals surface area (Å²) in [6.07, 6.45) is 3.36. The van der Waals surface area contributed by atoms with Gasteiger partial charge in [0, 0.05) is 23.7 Å². The van der Waals surface area contributed by atoms with Crippen LogP contribution in [0.5, 0.6) is 0 Å². The van der Waals surface area contributed by atoms with E-state index in [0.29, 0.717) is 12.3 Å². The molecule has 2 aromatic rings. The molecule has 0 bridgehead atoms. The summed E-state index contributed by atoms with van der Waals surface area (Å²) in [5.41, 5.74) is 3.30. The quantitative estimate of drug-likeness (QED) is 0.852. The van der Waals surface area contributed by atoms with E-state index in [0.717, 1.165) is 22.9 Å². The lowest BCUT2D eigenvalue weighted by Gasteiger charge is -2.07. The number of aryl methyl sites for hydroxylation is 1. The molecule has 0 amide bonds. The van der Waals surface area contributed by atoms with Crippen LogP contribution in [0, 0.1) is 0 Å². The van der Waals surface area contributed by atoms with Crippen LogP contribution in [0.25, 0.3) is 10.9 Å². The van der Waals surface area contributed by atoms with Crippen LogP contribution >= 0.6 is 0 Å². The van der Waals surface area contributed by atoms with Crippen molar-refractivity contribution in [3.63, 3.8) is 0 Å². The number of nitrogens with zero attached hydrogens (tertiary/aromatic N) is 1. The lowest BCUT2D eigenvalue weighted by Crippen LogP contribution is -2.07. The monoisotopic (exact) mass is 275 g/mol. The Kier molecular flexibility index (Phi) is 4.45. The third kappa shape index (κ3) is 3.02. The number of aliphatic hydroxyl groups is 1. The standard InChI is InChI=1S/C16H21NO3/c1-11(2)12-5-6-15-14(8-12)13(4-3-7-18)9-17(15)10-16(19)20/h5-6,8-9,11,18H,3-4,7,10H2,1-2H3,(H,19,20). The summed E-state index contributed by atoms with van der Waals surface area (Å²) in [5, 5.41) is 19.1. The maximum Gasteiger partial charge on any atom is 0.323 e. The van der Waals surface area contributed by atoms with E-state index in [9.17, 15) is 4.79 Å². The smallest absolute Gasteiger partial charge is 0.323 e. The minimum absolute atomic E-state index is 0.0311. The molecule has 4 nitrogen and oxygen atoms in total. The van der Waals surface area contributed by atoms with Crippen LogP contribution in [0.2, 0.25) is 0 Å². The van der Waals surface area contributed by atoms with Gasteiger partial charge in [0.05, 0.1) is 0 Å². The van der Waals surface area contributed by atoms with Gasteiger partial charge in [-0.15, -0.1) is 0 Å². The molecule has 108 valence electrons. The summed E-state index contributed by atoms with van der Waals surface area (Å²) in [6.45, 7) is 4.40. The molecule has 0 unspecified atom stereocenters. The average molecular weight is 275 g/mol. The van der Waals surface area contributed by atoms with Crippen LogP contribution in [0.4, 0.5) is 0 Å². The van der Waals surface area contributed by atoms with Crippen molar-refractivity contribution in [2.45, 2.75) is 39.2 Å². The van der Waals surface area contributed by atoms with Crippen molar-refractivity contribution < 1.29 is 15.0 Å². The molecule has 2 rings (SSSR count). The number of carboxylic acid groups (broad SMARTS) is 1. The molecule has 0 fully saturated rings. The van der Waals surface area contributed by atoms with Gasteiger partial charge in [-0.1, -0.05) is 19.9 Å². The van der Waals surface area contributed by atoms with Crippen molar-refractivity contribution in [1.29, 1.82) is 0 Å². The summed E-state index contributed by atoms with van der Waals surface area (Å²) < 4.78 is 1.77. The van der Waals surface area contributed by atoms with Crippen LogP contribution in [-0.4, -0.2) is 27.4 Å². The molecule has 0 radical (unpaired) electrons. The van der Waals surface area contributed by atoms with Gasteiger partial charge < -0.3 is 14.8 Å². The molecule has 1 heterocycles. The second-order valence-corrected chi connectivity index (χ2v) is 5.43. The zero-order valence-electron chi connectivity index (χ0n) is 12.0. The van der Waals surface area contributed by atoms with Crippen LogP contribution in [0.15, 0.2) is 24.4 Å². The highest BCUT2D eigenvalue weighted by Crippen LogP contribution is 2.27. The van der Waals surface area contributed by atoms with E-state index < -0.39 is 5.97 Å². The van der Waals surface area contributed by atoms with Gasteiger partial charge in [-0.25, -0.2) is 0 Å². The summed E-state index contributed by atoms with van der Waals surface area (Å²) in [5.74, 6) is -0.406.